The van der Waals surface area contributed by atoms with Crippen LogP contribution < -0.4 is 4.74 Å². The van der Waals surface area contributed by atoms with E-state index in [9.17, 15) is 9.90 Å². The van der Waals surface area contributed by atoms with Crippen molar-refractivity contribution in [3.8, 4) is 17.2 Å². The molecule has 0 unspecified atom stereocenters. The number of carbonyl (C=O) groups is 1. The van der Waals surface area contributed by atoms with Gasteiger partial charge in [0.1, 0.15) is 22.8 Å². The lowest BCUT2D eigenvalue weighted by Crippen LogP contribution is -2.01. The van der Waals surface area contributed by atoms with Crippen molar-refractivity contribution in [3.05, 3.63) is 54.1 Å². The van der Waals surface area contributed by atoms with Crippen LogP contribution in [0.4, 0.5) is 0 Å². The Balaban J connectivity index is 0.000000956. The Kier molecular flexibility index (Phi) is 6.10. The standard InChI is InChI=1S/C14H12O4.C2H6/c1-17-14(16)12-8-7-11(9-13(12)15)18-10-5-3-2-4-6-10;1-2/h2-9,15H,1H3;1-2H3. The molecule has 20 heavy (non-hydrogen) atoms. The normalized spacial score (nSPS) is 9.15. The summed E-state index contributed by atoms with van der Waals surface area (Å²) in [6.45, 7) is 4.00. The first-order valence-corrected chi connectivity index (χ1v) is 6.35. The van der Waals surface area contributed by atoms with Crippen molar-refractivity contribution in [3.63, 3.8) is 0 Å². The molecule has 4 nitrogen and oxygen atoms in total. The van der Waals surface area contributed by atoms with Crippen LogP contribution in [0.3, 0.4) is 0 Å². The van der Waals surface area contributed by atoms with E-state index in [2.05, 4.69) is 4.74 Å². The fraction of sp³-hybridized carbons (Fsp3) is 0.188. The Morgan fingerprint density at radius 1 is 1.00 bits per heavy atom. The van der Waals surface area contributed by atoms with E-state index in [1.807, 2.05) is 32.0 Å². The van der Waals surface area contributed by atoms with Gasteiger partial charge in [-0.15, -0.1) is 0 Å². The largest absolute Gasteiger partial charge is 0.507 e. The number of phenols is 1. The first-order valence-electron chi connectivity index (χ1n) is 6.35. The lowest BCUT2D eigenvalue weighted by atomic mass is 10.2. The summed E-state index contributed by atoms with van der Waals surface area (Å²) in [5.41, 5.74) is 0.109. The van der Waals surface area contributed by atoms with E-state index in [1.165, 1.54) is 19.2 Å². The molecular formula is C16H18O4. The van der Waals surface area contributed by atoms with Crippen molar-refractivity contribution in [2.75, 3.05) is 7.11 Å². The van der Waals surface area contributed by atoms with Gasteiger partial charge in [-0.05, 0) is 24.3 Å². The summed E-state index contributed by atoms with van der Waals surface area (Å²) in [6, 6.07) is 13.6. The predicted octanol–water partition coefficient (Wildman–Crippen LogP) is 4.00. The van der Waals surface area contributed by atoms with Crippen molar-refractivity contribution >= 4 is 5.97 Å². The fourth-order valence-corrected chi connectivity index (χ4v) is 1.48. The second-order valence-corrected chi connectivity index (χ2v) is 3.59. The molecule has 0 aliphatic rings. The van der Waals surface area contributed by atoms with Crippen LogP contribution in [-0.4, -0.2) is 18.2 Å². The van der Waals surface area contributed by atoms with E-state index in [0.717, 1.165) is 0 Å². The quantitative estimate of drug-likeness (QED) is 0.859. The first-order chi connectivity index (χ1) is 9.70. The van der Waals surface area contributed by atoms with E-state index in [-0.39, 0.29) is 11.3 Å². The number of esters is 1. The molecule has 0 radical (unpaired) electrons. The number of carbonyl (C=O) groups excluding carboxylic acids is 1. The summed E-state index contributed by atoms with van der Waals surface area (Å²) in [4.78, 5) is 11.3. The van der Waals surface area contributed by atoms with Gasteiger partial charge < -0.3 is 14.6 Å². The van der Waals surface area contributed by atoms with Gasteiger partial charge in [0.25, 0.3) is 0 Å². The highest BCUT2D eigenvalue weighted by molar-refractivity contribution is 5.92. The van der Waals surface area contributed by atoms with Gasteiger partial charge in [-0.25, -0.2) is 4.79 Å². The third-order valence-corrected chi connectivity index (χ3v) is 2.35. The second-order valence-electron chi connectivity index (χ2n) is 3.59. The van der Waals surface area contributed by atoms with Crippen molar-refractivity contribution in [1.29, 1.82) is 0 Å². The Labute approximate surface area is 118 Å². The van der Waals surface area contributed by atoms with Gasteiger partial charge in [0.05, 0.1) is 7.11 Å². The summed E-state index contributed by atoms with van der Waals surface area (Å²) in [6.07, 6.45) is 0. The average molecular weight is 274 g/mol. The van der Waals surface area contributed by atoms with Crippen molar-refractivity contribution < 1.29 is 19.4 Å². The van der Waals surface area contributed by atoms with Crippen LogP contribution in [0.15, 0.2) is 48.5 Å². The molecule has 0 aliphatic carbocycles. The molecule has 0 bridgehead atoms. The molecule has 0 amide bonds. The molecule has 1 N–H and O–H groups in total. The van der Waals surface area contributed by atoms with Crippen LogP contribution >= 0.6 is 0 Å². The predicted molar refractivity (Wildman–Crippen MR) is 77.3 cm³/mol. The Morgan fingerprint density at radius 3 is 2.20 bits per heavy atom. The molecule has 0 saturated heterocycles. The van der Waals surface area contributed by atoms with Gasteiger partial charge in [0, 0.05) is 6.07 Å². The van der Waals surface area contributed by atoms with Crippen LogP contribution in [0, 0.1) is 0 Å². The lowest BCUT2D eigenvalue weighted by Gasteiger charge is -2.07. The molecule has 0 heterocycles. The summed E-state index contributed by atoms with van der Waals surface area (Å²) in [7, 11) is 1.26. The molecule has 2 rings (SSSR count). The number of ether oxygens (including phenoxy) is 2. The van der Waals surface area contributed by atoms with E-state index < -0.39 is 5.97 Å². The van der Waals surface area contributed by atoms with Gasteiger partial charge in [0.15, 0.2) is 0 Å². The zero-order chi connectivity index (χ0) is 15.0. The van der Waals surface area contributed by atoms with Crippen LogP contribution in [0.5, 0.6) is 17.2 Å². The minimum Gasteiger partial charge on any atom is -0.507 e. The Hall–Kier alpha value is -2.49. The van der Waals surface area contributed by atoms with Gasteiger partial charge in [-0.3, -0.25) is 0 Å². The first kappa shape index (κ1) is 15.6. The third kappa shape index (κ3) is 4.02. The maximum absolute atomic E-state index is 11.3. The van der Waals surface area contributed by atoms with E-state index >= 15 is 0 Å². The number of phenolic OH excluding ortho intramolecular Hbond substituents is 1. The highest BCUT2D eigenvalue weighted by Crippen LogP contribution is 2.27. The Morgan fingerprint density at radius 2 is 1.65 bits per heavy atom. The average Bonchev–Trinajstić information content (AvgIpc) is 2.50. The minimum absolute atomic E-state index is 0.109. The third-order valence-electron chi connectivity index (χ3n) is 2.35. The summed E-state index contributed by atoms with van der Waals surface area (Å²) >= 11 is 0. The number of rotatable bonds is 3. The molecule has 0 aliphatic heterocycles. The van der Waals surface area contributed by atoms with Crippen LogP contribution in [-0.2, 0) is 4.74 Å². The van der Waals surface area contributed by atoms with Crippen molar-refractivity contribution in [2.45, 2.75) is 13.8 Å². The van der Waals surface area contributed by atoms with Crippen LogP contribution in [0.2, 0.25) is 0 Å². The van der Waals surface area contributed by atoms with Gasteiger partial charge in [-0.2, -0.15) is 0 Å². The molecule has 0 spiro atoms. The van der Waals surface area contributed by atoms with Crippen molar-refractivity contribution in [1.82, 2.24) is 0 Å². The molecule has 2 aromatic rings. The second kappa shape index (κ2) is 7.84. The molecule has 2 aromatic carbocycles. The number of hydrogen-bond acceptors (Lipinski definition) is 4. The molecule has 0 saturated carbocycles. The van der Waals surface area contributed by atoms with E-state index in [0.29, 0.717) is 11.5 Å². The molecule has 0 atom stereocenters. The topological polar surface area (TPSA) is 55.8 Å². The minimum atomic E-state index is -0.584. The molecule has 4 heteroatoms. The van der Waals surface area contributed by atoms with Crippen LogP contribution in [0.1, 0.15) is 24.2 Å². The lowest BCUT2D eigenvalue weighted by molar-refractivity contribution is 0.0597. The summed E-state index contributed by atoms with van der Waals surface area (Å²) in [5.74, 6) is 0.350. The van der Waals surface area contributed by atoms with Crippen molar-refractivity contribution in [2.24, 2.45) is 0 Å². The number of aromatic hydroxyl groups is 1. The zero-order valence-corrected chi connectivity index (χ0v) is 11.8. The maximum Gasteiger partial charge on any atom is 0.341 e. The van der Waals surface area contributed by atoms with Gasteiger partial charge in [-0.1, -0.05) is 32.0 Å². The van der Waals surface area contributed by atoms with Gasteiger partial charge >= 0.3 is 5.97 Å². The summed E-state index contributed by atoms with van der Waals surface area (Å²) < 4.78 is 10.1. The number of benzene rings is 2. The zero-order valence-electron chi connectivity index (χ0n) is 11.8. The molecular weight excluding hydrogens is 256 g/mol. The van der Waals surface area contributed by atoms with Crippen LogP contribution in [0.25, 0.3) is 0 Å². The fourth-order valence-electron chi connectivity index (χ4n) is 1.48. The molecule has 0 fully saturated rings. The molecule has 106 valence electrons. The highest BCUT2D eigenvalue weighted by Gasteiger charge is 2.12. The number of para-hydroxylation sites is 1. The van der Waals surface area contributed by atoms with E-state index in [1.54, 1.807) is 18.2 Å². The smallest absolute Gasteiger partial charge is 0.341 e. The number of hydrogen-bond donors (Lipinski definition) is 1. The SMILES string of the molecule is CC.COC(=O)c1ccc(Oc2ccccc2)cc1O. The van der Waals surface area contributed by atoms with E-state index in [4.69, 9.17) is 4.74 Å². The monoisotopic (exact) mass is 274 g/mol. The summed E-state index contributed by atoms with van der Waals surface area (Å²) in [5, 5.41) is 9.69. The number of methoxy groups -OCH3 is 1. The maximum atomic E-state index is 11.3. The Bertz CT molecular complexity index is 550. The highest BCUT2D eigenvalue weighted by atomic mass is 16.5. The molecule has 0 aromatic heterocycles. The van der Waals surface area contributed by atoms with Gasteiger partial charge in [0.2, 0.25) is 0 Å².